The normalized spacial score (nSPS) is 10.7. The van der Waals surface area contributed by atoms with Gasteiger partial charge in [-0.3, -0.25) is 4.99 Å². The molecule has 58 valence electrons. The van der Waals surface area contributed by atoms with Crippen LogP contribution in [0.1, 0.15) is 5.56 Å². The topological polar surface area (TPSA) is 12.4 Å². The minimum atomic E-state index is 1.28. The molecule has 1 nitrogen and oxygen atoms in total. The van der Waals surface area contributed by atoms with Gasteiger partial charge in [-0.05, 0) is 18.6 Å². The van der Waals surface area contributed by atoms with Crippen LogP contribution in [0.15, 0.2) is 34.2 Å². The minimum absolute atomic E-state index is 1.28. The van der Waals surface area contributed by atoms with Gasteiger partial charge in [-0.25, -0.2) is 0 Å². The van der Waals surface area contributed by atoms with E-state index in [9.17, 15) is 0 Å². The van der Waals surface area contributed by atoms with Gasteiger partial charge in [0.05, 0.1) is 5.55 Å². The van der Waals surface area contributed by atoms with E-state index < -0.39 is 0 Å². The van der Waals surface area contributed by atoms with Crippen LogP contribution in [0.3, 0.4) is 0 Å². The van der Waals surface area contributed by atoms with Crippen LogP contribution in [-0.4, -0.2) is 12.6 Å². The third kappa shape index (κ3) is 2.39. The Hall–Kier alpha value is -0.760. The second kappa shape index (κ2) is 4.19. The van der Waals surface area contributed by atoms with Crippen molar-refractivity contribution in [1.82, 2.24) is 0 Å². The second-order valence-corrected chi connectivity index (χ2v) is 3.13. The Morgan fingerprint density at radius 1 is 1.36 bits per heavy atom. The van der Waals surface area contributed by atoms with Gasteiger partial charge >= 0.3 is 0 Å². The Morgan fingerprint density at radius 2 is 2.09 bits per heavy atom. The molecule has 0 aromatic heterocycles. The number of rotatable bonds is 2. The predicted octanol–water partition coefficient (Wildman–Crippen LogP) is 2.75. The molecule has 1 rings (SSSR count). The van der Waals surface area contributed by atoms with Crippen molar-refractivity contribution >= 4 is 17.3 Å². The molecule has 2 heteroatoms. The molecular weight excluding hydrogens is 154 g/mol. The number of benzene rings is 1. The molecule has 0 fully saturated rings. The minimum Gasteiger partial charge on any atom is -0.289 e. The summed E-state index contributed by atoms with van der Waals surface area (Å²) >= 11 is 1.66. The zero-order valence-corrected chi connectivity index (χ0v) is 7.56. The van der Waals surface area contributed by atoms with Crippen molar-refractivity contribution < 1.29 is 0 Å². The number of thioether (sulfide) groups is 1. The average molecular weight is 165 g/mol. The summed E-state index contributed by atoms with van der Waals surface area (Å²) in [5, 5.41) is 0. The van der Waals surface area contributed by atoms with Crippen LogP contribution in [-0.2, 0) is 0 Å². The maximum absolute atomic E-state index is 3.91. The maximum Gasteiger partial charge on any atom is 0.0585 e. The summed E-state index contributed by atoms with van der Waals surface area (Å²) in [6.07, 6.45) is 0. The highest BCUT2D eigenvalue weighted by Gasteiger charge is 1.92. The first-order chi connectivity index (χ1) is 5.34. The van der Waals surface area contributed by atoms with E-state index >= 15 is 0 Å². The molecule has 0 spiro atoms. The summed E-state index contributed by atoms with van der Waals surface area (Å²) in [7, 11) is 1.78. The SMILES string of the molecule is CN=CSc1ccccc1C. The third-order valence-electron chi connectivity index (χ3n) is 1.38. The molecule has 1 aromatic rings. The summed E-state index contributed by atoms with van der Waals surface area (Å²) in [4.78, 5) is 5.19. The molecule has 0 unspecified atom stereocenters. The van der Waals surface area contributed by atoms with Crippen molar-refractivity contribution in [3.05, 3.63) is 29.8 Å². The summed E-state index contributed by atoms with van der Waals surface area (Å²) in [6.45, 7) is 2.10. The molecule has 0 radical (unpaired) electrons. The number of aliphatic imine (C=N–C) groups is 1. The Kier molecular flexibility index (Phi) is 3.17. The molecular formula is C9H11NS. The first-order valence-corrected chi connectivity index (χ1v) is 4.35. The van der Waals surface area contributed by atoms with Gasteiger partial charge in [0.25, 0.3) is 0 Å². The van der Waals surface area contributed by atoms with Crippen LogP contribution in [0.25, 0.3) is 0 Å². The molecule has 0 amide bonds. The monoisotopic (exact) mass is 165 g/mol. The first-order valence-electron chi connectivity index (χ1n) is 3.47. The molecule has 0 heterocycles. The molecule has 0 saturated heterocycles. The fourth-order valence-corrected chi connectivity index (χ4v) is 1.43. The number of aryl methyl sites for hydroxylation is 1. The fourth-order valence-electron chi connectivity index (χ4n) is 0.798. The summed E-state index contributed by atoms with van der Waals surface area (Å²) < 4.78 is 0. The molecule has 1 aromatic carbocycles. The lowest BCUT2D eigenvalue weighted by Crippen LogP contribution is -1.76. The van der Waals surface area contributed by atoms with Crippen LogP contribution in [0, 0.1) is 6.92 Å². The molecule has 0 saturated carbocycles. The Morgan fingerprint density at radius 3 is 2.73 bits per heavy atom. The Bertz CT molecular complexity index is 255. The van der Waals surface area contributed by atoms with Gasteiger partial charge in [0.1, 0.15) is 0 Å². The van der Waals surface area contributed by atoms with Gasteiger partial charge in [-0.1, -0.05) is 30.0 Å². The van der Waals surface area contributed by atoms with Gasteiger partial charge in [-0.2, -0.15) is 0 Å². The lowest BCUT2D eigenvalue weighted by molar-refractivity contribution is 1.31. The van der Waals surface area contributed by atoms with Crippen LogP contribution in [0.5, 0.6) is 0 Å². The summed E-state index contributed by atoms with van der Waals surface area (Å²) in [5.41, 5.74) is 3.15. The van der Waals surface area contributed by atoms with Crippen molar-refractivity contribution in [2.24, 2.45) is 4.99 Å². The van der Waals surface area contributed by atoms with Gasteiger partial charge in [-0.15, -0.1) is 0 Å². The molecule has 0 aliphatic rings. The Balaban J connectivity index is 2.77. The lowest BCUT2D eigenvalue weighted by atomic mass is 10.2. The molecule has 0 bridgehead atoms. The summed E-state index contributed by atoms with van der Waals surface area (Å²) in [5.74, 6) is 0. The first kappa shape index (κ1) is 8.34. The van der Waals surface area contributed by atoms with E-state index in [2.05, 4.69) is 24.0 Å². The van der Waals surface area contributed by atoms with Crippen molar-refractivity contribution in [2.75, 3.05) is 7.05 Å². The zero-order chi connectivity index (χ0) is 8.10. The highest BCUT2D eigenvalue weighted by molar-refractivity contribution is 8.12. The highest BCUT2D eigenvalue weighted by atomic mass is 32.2. The standard InChI is InChI=1S/C9H11NS/c1-8-5-3-4-6-9(8)11-7-10-2/h3-7H,1-2H3. The van der Waals surface area contributed by atoms with Gasteiger partial charge in [0.15, 0.2) is 0 Å². The van der Waals surface area contributed by atoms with E-state index in [4.69, 9.17) is 0 Å². The third-order valence-corrected chi connectivity index (χ3v) is 2.41. The molecule has 0 aliphatic heterocycles. The van der Waals surface area contributed by atoms with Crippen LogP contribution in [0.2, 0.25) is 0 Å². The van der Waals surface area contributed by atoms with Crippen LogP contribution in [0.4, 0.5) is 0 Å². The van der Waals surface area contributed by atoms with Crippen molar-refractivity contribution in [3.8, 4) is 0 Å². The van der Waals surface area contributed by atoms with E-state index in [0.717, 1.165) is 0 Å². The number of hydrogen-bond donors (Lipinski definition) is 0. The maximum atomic E-state index is 3.91. The molecule has 0 aliphatic carbocycles. The predicted molar refractivity (Wildman–Crippen MR) is 51.5 cm³/mol. The molecule has 0 atom stereocenters. The summed E-state index contributed by atoms with van der Waals surface area (Å²) in [6, 6.07) is 8.29. The zero-order valence-electron chi connectivity index (χ0n) is 6.74. The van der Waals surface area contributed by atoms with Crippen molar-refractivity contribution in [2.45, 2.75) is 11.8 Å². The largest absolute Gasteiger partial charge is 0.289 e. The van der Waals surface area contributed by atoms with Crippen LogP contribution < -0.4 is 0 Å². The molecule has 0 N–H and O–H groups in total. The average Bonchev–Trinajstić information content (AvgIpc) is 2.03. The van der Waals surface area contributed by atoms with Crippen molar-refractivity contribution in [3.63, 3.8) is 0 Å². The second-order valence-electron chi connectivity index (χ2n) is 2.25. The highest BCUT2D eigenvalue weighted by Crippen LogP contribution is 2.18. The Labute approximate surface area is 71.5 Å². The van der Waals surface area contributed by atoms with Gasteiger partial charge < -0.3 is 0 Å². The number of hydrogen-bond acceptors (Lipinski definition) is 2. The lowest BCUT2D eigenvalue weighted by Gasteiger charge is -1.98. The van der Waals surface area contributed by atoms with E-state index in [-0.39, 0.29) is 0 Å². The van der Waals surface area contributed by atoms with Crippen LogP contribution >= 0.6 is 11.8 Å². The van der Waals surface area contributed by atoms with Gasteiger partial charge in [0, 0.05) is 11.9 Å². The quantitative estimate of drug-likeness (QED) is 0.373. The van der Waals surface area contributed by atoms with E-state index in [1.807, 2.05) is 17.7 Å². The van der Waals surface area contributed by atoms with Gasteiger partial charge in [0.2, 0.25) is 0 Å². The van der Waals surface area contributed by atoms with E-state index in [1.54, 1.807) is 18.8 Å². The molecule has 11 heavy (non-hydrogen) atoms. The fraction of sp³-hybridized carbons (Fsp3) is 0.222. The smallest absolute Gasteiger partial charge is 0.0585 e. The number of nitrogens with zero attached hydrogens (tertiary/aromatic N) is 1. The van der Waals surface area contributed by atoms with E-state index in [0.29, 0.717) is 0 Å². The van der Waals surface area contributed by atoms with E-state index in [1.165, 1.54) is 10.5 Å². The van der Waals surface area contributed by atoms with Crippen molar-refractivity contribution in [1.29, 1.82) is 0 Å².